The van der Waals surface area contributed by atoms with Crippen molar-refractivity contribution in [3.8, 4) is 0 Å². The molecular weight excluding hydrogens is 208 g/mol. The van der Waals surface area contributed by atoms with Crippen LogP contribution in [-0.2, 0) is 6.54 Å². The Hall–Kier alpha value is -0.860. The van der Waals surface area contributed by atoms with Gasteiger partial charge in [-0.15, -0.1) is 0 Å². The molecule has 0 amide bonds. The van der Waals surface area contributed by atoms with Crippen LogP contribution in [0, 0.1) is 33.6 Å². The van der Waals surface area contributed by atoms with Gasteiger partial charge in [0.15, 0.2) is 0 Å². The molecule has 1 aromatic carbocycles. The van der Waals surface area contributed by atoms with Gasteiger partial charge >= 0.3 is 0 Å². The van der Waals surface area contributed by atoms with E-state index in [0.29, 0.717) is 0 Å². The molecule has 0 spiro atoms. The zero-order chi connectivity index (χ0) is 12.4. The van der Waals surface area contributed by atoms with Gasteiger partial charge in [-0.2, -0.15) is 0 Å². The van der Waals surface area contributed by atoms with Crippen molar-refractivity contribution in [3.05, 3.63) is 33.9 Å². The van der Waals surface area contributed by atoms with E-state index < -0.39 is 0 Å². The van der Waals surface area contributed by atoms with Crippen LogP contribution in [0.5, 0.6) is 0 Å². The molecule has 17 heavy (non-hydrogen) atoms. The Bertz CT molecular complexity index is 380. The van der Waals surface area contributed by atoms with E-state index in [-0.39, 0.29) is 0 Å². The molecule has 0 saturated carbocycles. The average molecular weight is 232 g/mol. The van der Waals surface area contributed by atoms with Crippen LogP contribution in [-0.4, -0.2) is 19.6 Å². The molecule has 94 valence electrons. The van der Waals surface area contributed by atoms with Crippen LogP contribution in [0.25, 0.3) is 0 Å². The first kappa shape index (κ1) is 12.6. The first-order chi connectivity index (χ1) is 8.09. The number of nitrogens with one attached hydrogen (secondary N) is 2. The van der Waals surface area contributed by atoms with Gasteiger partial charge in [-0.25, -0.2) is 0 Å². The maximum atomic E-state index is 3.60. The second kappa shape index (κ2) is 5.19. The van der Waals surface area contributed by atoms with Gasteiger partial charge in [-0.05, 0) is 61.4 Å². The minimum atomic E-state index is 0.835. The molecule has 2 rings (SSSR count). The van der Waals surface area contributed by atoms with E-state index in [2.05, 4.69) is 44.4 Å². The average Bonchev–Trinajstić information content (AvgIpc) is 2.23. The highest BCUT2D eigenvalue weighted by Crippen LogP contribution is 2.21. The molecule has 0 aromatic heterocycles. The summed E-state index contributed by atoms with van der Waals surface area (Å²) in [7, 11) is 0. The van der Waals surface area contributed by atoms with Crippen LogP contribution >= 0.6 is 0 Å². The van der Waals surface area contributed by atoms with E-state index in [4.69, 9.17) is 0 Å². The lowest BCUT2D eigenvalue weighted by atomic mass is 9.94. The van der Waals surface area contributed by atoms with E-state index in [9.17, 15) is 0 Å². The third kappa shape index (κ3) is 2.70. The molecule has 2 N–H and O–H groups in total. The van der Waals surface area contributed by atoms with E-state index in [1.165, 1.54) is 40.9 Å². The molecule has 0 radical (unpaired) electrons. The Morgan fingerprint density at radius 3 is 2.18 bits per heavy atom. The molecule has 1 aliphatic rings. The Balaban J connectivity index is 2.03. The Morgan fingerprint density at radius 1 is 1.12 bits per heavy atom. The van der Waals surface area contributed by atoms with Gasteiger partial charge < -0.3 is 10.6 Å². The van der Waals surface area contributed by atoms with Crippen LogP contribution in [0.3, 0.4) is 0 Å². The fourth-order valence-electron chi connectivity index (χ4n) is 2.46. The Kier molecular flexibility index (Phi) is 3.85. The Morgan fingerprint density at radius 2 is 1.71 bits per heavy atom. The molecule has 0 bridgehead atoms. The van der Waals surface area contributed by atoms with Gasteiger partial charge in [0.05, 0.1) is 0 Å². The van der Waals surface area contributed by atoms with Gasteiger partial charge in [0.1, 0.15) is 0 Å². The van der Waals surface area contributed by atoms with Gasteiger partial charge in [0, 0.05) is 26.2 Å². The fourth-order valence-corrected chi connectivity index (χ4v) is 2.46. The SMILES string of the molecule is Cc1cc(C)c(C)c(CNCC2CNC2)c1C. The van der Waals surface area contributed by atoms with Crippen LogP contribution in [0.2, 0.25) is 0 Å². The predicted molar refractivity (Wildman–Crippen MR) is 73.5 cm³/mol. The van der Waals surface area contributed by atoms with Crippen LogP contribution < -0.4 is 10.6 Å². The van der Waals surface area contributed by atoms with Gasteiger partial charge in [0.2, 0.25) is 0 Å². The number of rotatable bonds is 4. The maximum Gasteiger partial charge on any atom is 0.0211 e. The number of aryl methyl sites for hydroxylation is 2. The molecule has 2 nitrogen and oxygen atoms in total. The third-order valence-electron chi connectivity index (χ3n) is 4.12. The second-order valence-electron chi connectivity index (χ2n) is 5.39. The van der Waals surface area contributed by atoms with E-state index >= 15 is 0 Å². The largest absolute Gasteiger partial charge is 0.316 e. The summed E-state index contributed by atoms with van der Waals surface area (Å²) in [6.07, 6.45) is 0. The molecule has 1 fully saturated rings. The summed E-state index contributed by atoms with van der Waals surface area (Å²) in [6.45, 7) is 13.4. The molecular formula is C15H24N2. The van der Waals surface area contributed by atoms with Crippen molar-refractivity contribution < 1.29 is 0 Å². The normalized spacial score (nSPS) is 16.0. The standard InChI is InChI=1S/C15H24N2/c1-10-5-11(2)13(4)15(12(10)3)9-17-8-14-6-16-7-14/h5,14,16-17H,6-9H2,1-4H3. The summed E-state index contributed by atoms with van der Waals surface area (Å²) in [5.41, 5.74) is 7.22. The van der Waals surface area contributed by atoms with E-state index in [0.717, 1.165) is 19.0 Å². The first-order valence-electron chi connectivity index (χ1n) is 6.57. The zero-order valence-electron chi connectivity index (χ0n) is 11.5. The predicted octanol–water partition coefficient (Wildman–Crippen LogP) is 2.23. The van der Waals surface area contributed by atoms with Crippen molar-refractivity contribution in [1.82, 2.24) is 10.6 Å². The van der Waals surface area contributed by atoms with Crippen LogP contribution in [0.1, 0.15) is 27.8 Å². The van der Waals surface area contributed by atoms with Crippen molar-refractivity contribution in [2.24, 2.45) is 5.92 Å². The van der Waals surface area contributed by atoms with Crippen molar-refractivity contribution in [3.63, 3.8) is 0 Å². The van der Waals surface area contributed by atoms with Crippen LogP contribution in [0.15, 0.2) is 6.07 Å². The summed E-state index contributed by atoms with van der Waals surface area (Å²) in [6, 6.07) is 2.30. The molecule has 1 saturated heterocycles. The summed E-state index contributed by atoms with van der Waals surface area (Å²) >= 11 is 0. The van der Waals surface area contributed by atoms with Gasteiger partial charge in [-0.1, -0.05) is 6.07 Å². The molecule has 0 atom stereocenters. The van der Waals surface area contributed by atoms with Crippen molar-refractivity contribution in [1.29, 1.82) is 0 Å². The number of hydrogen-bond donors (Lipinski definition) is 2. The van der Waals surface area contributed by atoms with Crippen LogP contribution in [0.4, 0.5) is 0 Å². The van der Waals surface area contributed by atoms with Gasteiger partial charge in [0.25, 0.3) is 0 Å². The monoisotopic (exact) mass is 232 g/mol. The van der Waals surface area contributed by atoms with E-state index in [1.807, 2.05) is 0 Å². The summed E-state index contributed by atoms with van der Waals surface area (Å²) in [5, 5.41) is 6.91. The fraction of sp³-hybridized carbons (Fsp3) is 0.600. The smallest absolute Gasteiger partial charge is 0.0211 e. The quantitative estimate of drug-likeness (QED) is 0.832. The lowest BCUT2D eigenvalue weighted by Crippen LogP contribution is -2.47. The Labute approximate surface area is 105 Å². The summed E-state index contributed by atoms with van der Waals surface area (Å²) in [5.74, 6) is 0.835. The molecule has 1 heterocycles. The molecule has 1 aliphatic heterocycles. The highest BCUT2D eigenvalue weighted by molar-refractivity contribution is 5.43. The van der Waals surface area contributed by atoms with Crippen molar-refractivity contribution >= 4 is 0 Å². The number of benzene rings is 1. The molecule has 0 unspecified atom stereocenters. The topological polar surface area (TPSA) is 24.1 Å². The van der Waals surface area contributed by atoms with Gasteiger partial charge in [-0.3, -0.25) is 0 Å². The van der Waals surface area contributed by atoms with Crippen molar-refractivity contribution in [2.75, 3.05) is 19.6 Å². The first-order valence-corrected chi connectivity index (χ1v) is 6.57. The minimum absolute atomic E-state index is 0.835. The summed E-state index contributed by atoms with van der Waals surface area (Å²) in [4.78, 5) is 0. The molecule has 0 aliphatic carbocycles. The maximum absolute atomic E-state index is 3.60. The zero-order valence-corrected chi connectivity index (χ0v) is 11.5. The number of hydrogen-bond acceptors (Lipinski definition) is 2. The van der Waals surface area contributed by atoms with E-state index in [1.54, 1.807) is 0 Å². The highest BCUT2D eigenvalue weighted by Gasteiger charge is 2.16. The molecule has 2 heteroatoms. The second-order valence-corrected chi connectivity index (χ2v) is 5.39. The lowest BCUT2D eigenvalue weighted by Gasteiger charge is -2.27. The lowest BCUT2D eigenvalue weighted by molar-refractivity contribution is 0.331. The highest BCUT2D eigenvalue weighted by atomic mass is 15.0. The molecule has 1 aromatic rings. The minimum Gasteiger partial charge on any atom is -0.316 e. The van der Waals surface area contributed by atoms with Crippen molar-refractivity contribution in [2.45, 2.75) is 34.2 Å². The summed E-state index contributed by atoms with van der Waals surface area (Å²) < 4.78 is 0. The third-order valence-corrected chi connectivity index (χ3v) is 4.12.